The number of phenols is 1. The number of amidine groups is 1. The summed E-state index contributed by atoms with van der Waals surface area (Å²) in [5.41, 5.74) is 2.82. The molecule has 180 valence electrons. The van der Waals surface area contributed by atoms with E-state index in [2.05, 4.69) is 17.1 Å². The number of ether oxygens (including phenoxy) is 1. The third-order valence-electron chi connectivity index (χ3n) is 6.84. The van der Waals surface area contributed by atoms with E-state index in [1.165, 1.54) is 18.2 Å². The number of hydrogen-bond donors (Lipinski definition) is 2. The largest absolute Gasteiger partial charge is 0.507 e. The Balaban J connectivity index is 1.60. The Morgan fingerprint density at radius 1 is 1.17 bits per heavy atom. The number of hydrogen-bond acceptors (Lipinski definition) is 7. The summed E-state index contributed by atoms with van der Waals surface area (Å²) < 4.78 is 21.2. The Bertz CT molecular complexity index is 1330. The maximum absolute atomic E-state index is 14.9. The van der Waals surface area contributed by atoms with Gasteiger partial charge in [0.15, 0.2) is 0 Å². The van der Waals surface area contributed by atoms with Crippen molar-refractivity contribution in [1.82, 2.24) is 15.2 Å². The first-order valence-electron chi connectivity index (χ1n) is 11.7. The molecule has 0 bridgehead atoms. The number of fused-ring (bicyclic) bond motifs is 5. The Hall–Kier alpha value is -3.20. The van der Waals surface area contributed by atoms with Crippen molar-refractivity contribution in [2.45, 2.75) is 32.3 Å². The quantitative estimate of drug-likeness (QED) is 0.506. The third-order valence-corrected chi connectivity index (χ3v) is 7.13. The molecular formula is C26H25ClFN5O2. The highest BCUT2D eigenvalue weighted by Gasteiger charge is 2.40. The minimum atomic E-state index is -0.639. The predicted molar refractivity (Wildman–Crippen MR) is 134 cm³/mol. The minimum absolute atomic E-state index is 0.0315. The molecule has 2 aromatic carbocycles. The third kappa shape index (κ3) is 3.55. The van der Waals surface area contributed by atoms with E-state index in [9.17, 15) is 9.50 Å². The van der Waals surface area contributed by atoms with Crippen molar-refractivity contribution in [2.75, 3.05) is 24.5 Å². The lowest BCUT2D eigenvalue weighted by molar-refractivity contribution is -0.00571. The first kappa shape index (κ1) is 22.3. The fourth-order valence-corrected chi connectivity index (χ4v) is 5.35. The lowest BCUT2D eigenvalue weighted by Gasteiger charge is -2.45. The number of nitrogens with one attached hydrogen (secondary N) is 1. The van der Waals surface area contributed by atoms with Gasteiger partial charge in [-0.2, -0.15) is 0 Å². The van der Waals surface area contributed by atoms with Crippen molar-refractivity contribution in [3.63, 3.8) is 0 Å². The maximum atomic E-state index is 14.9. The summed E-state index contributed by atoms with van der Waals surface area (Å²) in [6.45, 7) is 6.57. The number of halogens is 2. The van der Waals surface area contributed by atoms with E-state index in [1.54, 1.807) is 6.07 Å². The van der Waals surface area contributed by atoms with Crippen molar-refractivity contribution >= 4 is 28.9 Å². The lowest BCUT2D eigenvalue weighted by atomic mass is 10.0. The zero-order valence-corrected chi connectivity index (χ0v) is 20.1. The van der Waals surface area contributed by atoms with Crippen LogP contribution in [0.2, 0.25) is 5.02 Å². The molecule has 0 spiro atoms. The number of benzene rings is 2. The molecule has 2 N–H and O–H groups in total. The van der Waals surface area contributed by atoms with Gasteiger partial charge in [-0.05, 0) is 38.1 Å². The Kier molecular flexibility index (Phi) is 5.40. The molecule has 0 saturated carbocycles. The standard InChI is InChI=1S/C26H25ClFN5O2/c1-14-13-29-10-11-32(14)24-17-12-18(27)23(22-19(28)7-5-9-21(22)34)30-25(17)33-20-8-4-3-6-16(20)15(2)35-26(33)31-24/h3-9,12,14-15,26,29,34H,10-11,13H2,1-2H3/t14-,15?,26?/m0/s1. The minimum Gasteiger partial charge on any atom is -0.507 e. The van der Waals surface area contributed by atoms with Crippen LogP contribution in [0.3, 0.4) is 0 Å². The van der Waals surface area contributed by atoms with Crippen molar-refractivity contribution in [3.05, 3.63) is 70.5 Å². The molecule has 3 aromatic rings. The van der Waals surface area contributed by atoms with Crippen LogP contribution in [0.1, 0.15) is 31.1 Å². The van der Waals surface area contributed by atoms with Gasteiger partial charge in [0.05, 0.1) is 33.6 Å². The molecular weight excluding hydrogens is 469 g/mol. The Morgan fingerprint density at radius 2 is 2.00 bits per heavy atom. The summed E-state index contributed by atoms with van der Waals surface area (Å²) in [5, 5.41) is 14.1. The van der Waals surface area contributed by atoms with Gasteiger partial charge in [0.1, 0.15) is 23.2 Å². The fraction of sp³-hybridized carbons (Fsp3) is 0.308. The van der Waals surface area contributed by atoms with Gasteiger partial charge >= 0.3 is 0 Å². The summed E-state index contributed by atoms with van der Waals surface area (Å²) in [4.78, 5) is 14.1. The molecule has 4 heterocycles. The smallest absolute Gasteiger partial charge is 0.236 e. The van der Waals surface area contributed by atoms with Crippen LogP contribution < -0.4 is 10.2 Å². The zero-order valence-electron chi connectivity index (χ0n) is 19.4. The molecule has 7 nitrogen and oxygen atoms in total. The Labute approximate surface area is 207 Å². The number of para-hydroxylation sites is 1. The van der Waals surface area contributed by atoms with Gasteiger partial charge in [-0.15, -0.1) is 0 Å². The summed E-state index contributed by atoms with van der Waals surface area (Å²) in [6, 6.07) is 14.1. The normalized spacial score (nSPS) is 23.3. The number of aromatic hydroxyl groups is 1. The van der Waals surface area contributed by atoms with E-state index >= 15 is 0 Å². The molecule has 3 aliphatic rings. The molecule has 0 radical (unpaired) electrons. The van der Waals surface area contributed by atoms with Gasteiger partial charge in [-0.1, -0.05) is 35.9 Å². The molecule has 3 atom stereocenters. The van der Waals surface area contributed by atoms with E-state index < -0.39 is 12.2 Å². The molecule has 9 heteroatoms. The topological polar surface area (TPSA) is 73.2 Å². The van der Waals surface area contributed by atoms with Gasteiger partial charge in [0.25, 0.3) is 0 Å². The van der Waals surface area contributed by atoms with E-state index in [-0.39, 0.29) is 34.2 Å². The predicted octanol–water partition coefficient (Wildman–Crippen LogP) is 4.81. The first-order chi connectivity index (χ1) is 16.9. The number of pyridine rings is 1. The van der Waals surface area contributed by atoms with Crippen LogP contribution in [0.5, 0.6) is 5.75 Å². The number of aromatic nitrogens is 1. The van der Waals surface area contributed by atoms with Crippen LogP contribution in [-0.4, -0.2) is 52.9 Å². The number of aliphatic imine (C=N–C) groups is 1. The van der Waals surface area contributed by atoms with Crippen LogP contribution >= 0.6 is 11.6 Å². The highest BCUT2D eigenvalue weighted by Crippen LogP contribution is 2.46. The SMILES string of the molecule is CC1OC2N=C(N3CCNC[C@@H]3C)c3cc(Cl)c(-c4c(O)cccc4F)nc3N2c2ccccc21. The highest BCUT2D eigenvalue weighted by molar-refractivity contribution is 6.33. The number of anilines is 2. The summed E-state index contributed by atoms with van der Waals surface area (Å²) in [6.07, 6.45) is -0.804. The van der Waals surface area contributed by atoms with Crippen LogP contribution in [0.25, 0.3) is 11.3 Å². The van der Waals surface area contributed by atoms with Crippen LogP contribution in [0, 0.1) is 5.82 Å². The van der Waals surface area contributed by atoms with Gasteiger partial charge in [0.2, 0.25) is 6.35 Å². The zero-order chi connectivity index (χ0) is 24.3. The van der Waals surface area contributed by atoms with Crippen LogP contribution in [0.4, 0.5) is 15.9 Å². The van der Waals surface area contributed by atoms with Crippen molar-refractivity contribution in [2.24, 2.45) is 4.99 Å². The summed E-state index contributed by atoms with van der Waals surface area (Å²) >= 11 is 6.70. The average molecular weight is 494 g/mol. The van der Waals surface area contributed by atoms with E-state index in [0.717, 1.165) is 42.3 Å². The summed E-state index contributed by atoms with van der Waals surface area (Å²) in [5.74, 6) is 0.494. The second-order valence-corrected chi connectivity index (χ2v) is 9.46. The second-order valence-electron chi connectivity index (χ2n) is 9.06. The van der Waals surface area contributed by atoms with Gasteiger partial charge < -0.3 is 20.1 Å². The van der Waals surface area contributed by atoms with Crippen LogP contribution in [-0.2, 0) is 4.74 Å². The van der Waals surface area contributed by atoms with E-state index in [4.69, 9.17) is 26.3 Å². The summed E-state index contributed by atoms with van der Waals surface area (Å²) in [7, 11) is 0. The van der Waals surface area contributed by atoms with Crippen LogP contribution in [0.15, 0.2) is 53.5 Å². The van der Waals surface area contributed by atoms with Crippen molar-refractivity contribution in [3.8, 4) is 17.0 Å². The maximum Gasteiger partial charge on any atom is 0.236 e. The second kappa shape index (κ2) is 8.48. The fourth-order valence-electron chi connectivity index (χ4n) is 5.10. The van der Waals surface area contributed by atoms with E-state index in [0.29, 0.717) is 5.82 Å². The molecule has 1 fully saturated rings. The molecule has 1 aromatic heterocycles. The Morgan fingerprint density at radius 3 is 2.80 bits per heavy atom. The van der Waals surface area contributed by atoms with Gasteiger partial charge in [-0.25, -0.2) is 14.4 Å². The number of piperazine rings is 1. The molecule has 35 heavy (non-hydrogen) atoms. The molecule has 2 unspecified atom stereocenters. The average Bonchev–Trinajstić information content (AvgIpc) is 2.84. The highest BCUT2D eigenvalue weighted by atomic mass is 35.5. The van der Waals surface area contributed by atoms with Gasteiger partial charge in [0, 0.05) is 31.2 Å². The number of nitrogens with zero attached hydrogens (tertiary/aromatic N) is 4. The van der Waals surface area contributed by atoms with Crippen molar-refractivity contribution < 1.29 is 14.2 Å². The molecule has 0 amide bonds. The van der Waals surface area contributed by atoms with Gasteiger partial charge in [-0.3, -0.25) is 4.90 Å². The molecule has 6 rings (SSSR count). The first-order valence-corrected chi connectivity index (χ1v) is 12.1. The lowest BCUT2D eigenvalue weighted by Crippen LogP contribution is -2.55. The molecule has 0 aliphatic carbocycles. The molecule has 1 saturated heterocycles. The number of phenolic OH excluding ortho intramolecular Hbond substituents is 1. The van der Waals surface area contributed by atoms with E-state index in [1.807, 2.05) is 36.1 Å². The number of rotatable bonds is 1. The molecule has 3 aliphatic heterocycles. The monoisotopic (exact) mass is 493 g/mol. The van der Waals surface area contributed by atoms with Crippen molar-refractivity contribution in [1.29, 1.82) is 0 Å².